The van der Waals surface area contributed by atoms with E-state index in [0.717, 1.165) is 31.4 Å². The standard InChI is InChI=1S/C19H27Cl2N5/c20-16-4-2-1-3-15(16)11-24-18-25-12-17(21)19(23,26-18)9-13-5-7-14(10-22)8-6-13/h1-4,12-14H,5-11,22-23H2,(H2,24,25,26). The second-order valence-electron chi connectivity index (χ2n) is 7.32. The van der Waals surface area contributed by atoms with Crippen molar-refractivity contribution in [3.8, 4) is 0 Å². The number of halogens is 2. The number of benzene rings is 1. The molecule has 1 fully saturated rings. The topological polar surface area (TPSA) is 88.5 Å². The van der Waals surface area contributed by atoms with Crippen molar-refractivity contribution >= 4 is 29.2 Å². The second-order valence-corrected chi connectivity index (χ2v) is 8.13. The van der Waals surface area contributed by atoms with Gasteiger partial charge in [0.1, 0.15) is 5.66 Å². The van der Waals surface area contributed by atoms with E-state index in [-0.39, 0.29) is 0 Å². The fraction of sp³-hybridized carbons (Fsp3) is 0.526. The molecule has 5 nitrogen and oxygen atoms in total. The molecule has 142 valence electrons. The van der Waals surface area contributed by atoms with Gasteiger partial charge in [0.25, 0.3) is 0 Å². The highest BCUT2D eigenvalue weighted by Crippen LogP contribution is 2.35. The summed E-state index contributed by atoms with van der Waals surface area (Å²) in [5.74, 6) is 1.81. The highest BCUT2D eigenvalue weighted by Gasteiger charge is 2.36. The van der Waals surface area contributed by atoms with E-state index < -0.39 is 5.66 Å². The first-order chi connectivity index (χ1) is 12.5. The summed E-state index contributed by atoms with van der Waals surface area (Å²) in [7, 11) is 0. The first kappa shape index (κ1) is 19.5. The van der Waals surface area contributed by atoms with Gasteiger partial charge in [-0.3, -0.25) is 0 Å². The number of nitrogens with two attached hydrogens (primary N) is 2. The van der Waals surface area contributed by atoms with E-state index in [4.69, 9.17) is 34.7 Å². The lowest BCUT2D eigenvalue weighted by Crippen LogP contribution is -2.62. The van der Waals surface area contributed by atoms with Gasteiger partial charge in [0.2, 0.25) is 0 Å². The lowest BCUT2D eigenvalue weighted by molar-refractivity contribution is 0.229. The molecular formula is C19H27Cl2N5. The second kappa shape index (κ2) is 8.61. The number of rotatable bonds is 5. The van der Waals surface area contributed by atoms with Crippen molar-refractivity contribution in [2.75, 3.05) is 6.54 Å². The van der Waals surface area contributed by atoms with E-state index in [0.29, 0.717) is 34.4 Å². The fourth-order valence-corrected chi connectivity index (χ4v) is 4.09. The molecule has 1 aromatic rings. The monoisotopic (exact) mass is 395 g/mol. The third-order valence-corrected chi connectivity index (χ3v) is 6.19. The molecular weight excluding hydrogens is 369 g/mol. The lowest BCUT2D eigenvalue weighted by atomic mass is 9.78. The highest BCUT2D eigenvalue weighted by atomic mass is 35.5. The molecule has 2 aliphatic rings. The zero-order valence-corrected chi connectivity index (χ0v) is 16.4. The Bertz CT molecular complexity index is 682. The van der Waals surface area contributed by atoms with Crippen LogP contribution < -0.4 is 22.1 Å². The Hall–Kier alpha value is -1.27. The fourth-order valence-electron chi connectivity index (χ4n) is 3.72. The van der Waals surface area contributed by atoms with Crippen LogP contribution in [-0.4, -0.2) is 18.2 Å². The zero-order chi connectivity index (χ0) is 18.6. The Balaban J connectivity index is 1.64. The first-order valence-electron chi connectivity index (χ1n) is 9.18. The van der Waals surface area contributed by atoms with Crippen LogP contribution in [0.2, 0.25) is 5.02 Å². The van der Waals surface area contributed by atoms with Crippen molar-refractivity contribution in [2.24, 2.45) is 28.3 Å². The predicted molar refractivity (Wildman–Crippen MR) is 109 cm³/mol. The number of nitrogens with one attached hydrogen (secondary N) is 2. The minimum absolute atomic E-state index is 0.470. The average molecular weight is 396 g/mol. The molecule has 1 aliphatic heterocycles. The molecule has 1 aromatic carbocycles. The van der Waals surface area contributed by atoms with Crippen molar-refractivity contribution < 1.29 is 0 Å². The highest BCUT2D eigenvalue weighted by molar-refractivity contribution is 6.31. The van der Waals surface area contributed by atoms with E-state index in [9.17, 15) is 0 Å². The van der Waals surface area contributed by atoms with Gasteiger partial charge in [-0.15, -0.1) is 0 Å². The van der Waals surface area contributed by atoms with Crippen LogP contribution in [0.5, 0.6) is 0 Å². The van der Waals surface area contributed by atoms with Crippen LogP contribution >= 0.6 is 23.2 Å². The summed E-state index contributed by atoms with van der Waals surface area (Å²) >= 11 is 12.6. The van der Waals surface area contributed by atoms with Crippen molar-refractivity contribution in [1.29, 1.82) is 0 Å². The molecule has 1 atom stereocenters. The molecule has 7 heteroatoms. The average Bonchev–Trinajstić information content (AvgIpc) is 2.64. The smallest absolute Gasteiger partial charge is 0.197 e. The summed E-state index contributed by atoms with van der Waals surface area (Å²) in [5, 5.41) is 7.65. The molecule has 6 N–H and O–H groups in total. The summed E-state index contributed by atoms with van der Waals surface area (Å²) in [5.41, 5.74) is 12.6. The van der Waals surface area contributed by atoms with Gasteiger partial charge in [0.15, 0.2) is 5.96 Å². The van der Waals surface area contributed by atoms with Crippen LogP contribution in [-0.2, 0) is 6.54 Å². The molecule has 1 saturated carbocycles. The number of hydrogen-bond acceptors (Lipinski definition) is 3. The van der Waals surface area contributed by atoms with Crippen LogP contribution in [0.1, 0.15) is 37.7 Å². The lowest BCUT2D eigenvalue weighted by Gasteiger charge is -2.39. The van der Waals surface area contributed by atoms with Gasteiger partial charge < -0.3 is 22.1 Å². The SMILES string of the molecule is NCC1CCC(CC2(N)NC(=NCc3ccccc3Cl)NC=C2Cl)CC1. The number of guanidine groups is 1. The Morgan fingerprint density at radius 2 is 1.81 bits per heavy atom. The molecule has 0 aromatic heterocycles. The summed E-state index contributed by atoms with van der Waals surface area (Å²) in [6, 6.07) is 7.68. The first-order valence-corrected chi connectivity index (χ1v) is 9.93. The Labute approximate surface area is 165 Å². The molecule has 0 amide bonds. The molecule has 0 radical (unpaired) electrons. The number of aliphatic imine (C=N–C) groups is 1. The van der Waals surface area contributed by atoms with Crippen molar-refractivity contribution in [3.63, 3.8) is 0 Å². The maximum atomic E-state index is 6.61. The normalized spacial score (nSPS) is 30.5. The Kier molecular flexibility index (Phi) is 6.46. The van der Waals surface area contributed by atoms with E-state index in [1.807, 2.05) is 24.3 Å². The summed E-state index contributed by atoms with van der Waals surface area (Å²) in [6.07, 6.45) is 7.15. The van der Waals surface area contributed by atoms with Gasteiger partial charge in [0, 0.05) is 11.2 Å². The van der Waals surface area contributed by atoms with E-state index in [1.165, 1.54) is 12.8 Å². The van der Waals surface area contributed by atoms with Crippen LogP contribution in [0.15, 0.2) is 40.5 Å². The minimum Gasteiger partial charge on any atom is -0.333 e. The number of hydrogen-bond donors (Lipinski definition) is 4. The van der Waals surface area contributed by atoms with Gasteiger partial charge >= 0.3 is 0 Å². The van der Waals surface area contributed by atoms with E-state index in [1.54, 1.807) is 6.20 Å². The molecule has 3 rings (SSSR count). The van der Waals surface area contributed by atoms with Crippen molar-refractivity contribution in [3.05, 3.63) is 46.1 Å². The quantitative estimate of drug-likeness (QED) is 0.615. The van der Waals surface area contributed by atoms with Crippen LogP contribution in [0.4, 0.5) is 0 Å². The molecule has 1 heterocycles. The molecule has 26 heavy (non-hydrogen) atoms. The minimum atomic E-state index is -0.785. The maximum absolute atomic E-state index is 6.61. The molecule has 0 bridgehead atoms. The number of nitrogens with zero attached hydrogens (tertiary/aromatic N) is 1. The van der Waals surface area contributed by atoms with Crippen LogP contribution in [0, 0.1) is 11.8 Å². The van der Waals surface area contributed by atoms with Crippen molar-refractivity contribution in [1.82, 2.24) is 10.6 Å². The van der Waals surface area contributed by atoms with Crippen LogP contribution in [0.3, 0.4) is 0 Å². The zero-order valence-electron chi connectivity index (χ0n) is 14.8. The largest absolute Gasteiger partial charge is 0.333 e. The Morgan fingerprint density at radius 1 is 1.12 bits per heavy atom. The van der Waals surface area contributed by atoms with E-state index in [2.05, 4.69) is 15.6 Å². The maximum Gasteiger partial charge on any atom is 0.197 e. The third kappa shape index (κ3) is 4.71. The van der Waals surface area contributed by atoms with Crippen LogP contribution in [0.25, 0.3) is 0 Å². The van der Waals surface area contributed by atoms with Gasteiger partial charge in [-0.25, -0.2) is 4.99 Å². The predicted octanol–water partition coefficient (Wildman–Crippen LogP) is 3.28. The summed E-state index contributed by atoms with van der Waals surface area (Å²) in [4.78, 5) is 4.57. The van der Waals surface area contributed by atoms with Gasteiger partial charge in [0.05, 0.1) is 11.6 Å². The summed E-state index contributed by atoms with van der Waals surface area (Å²) < 4.78 is 0. The van der Waals surface area contributed by atoms with Gasteiger partial charge in [-0.1, -0.05) is 41.4 Å². The summed E-state index contributed by atoms with van der Waals surface area (Å²) in [6.45, 7) is 1.25. The van der Waals surface area contributed by atoms with Gasteiger partial charge in [-0.2, -0.15) is 0 Å². The molecule has 1 aliphatic carbocycles. The van der Waals surface area contributed by atoms with Gasteiger partial charge in [-0.05, 0) is 62.1 Å². The molecule has 0 saturated heterocycles. The molecule has 0 spiro atoms. The third-order valence-electron chi connectivity index (χ3n) is 5.38. The Morgan fingerprint density at radius 3 is 2.50 bits per heavy atom. The molecule has 1 unspecified atom stereocenters. The van der Waals surface area contributed by atoms with Crippen molar-refractivity contribution in [2.45, 2.75) is 44.3 Å². The van der Waals surface area contributed by atoms with E-state index >= 15 is 0 Å².